The van der Waals surface area contributed by atoms with E-state index in [0.717, 1.165) is 6.07 Å². The number of alkyl halides is 3. The second-order valence-corrected chi connectivity index (χ2v) is 3.73. The molecule has 0 saturated carbocycles. The van der Waals surface area contributed by atoms with Crippen LogP contribution in [0.2, 0.25) is 0 Å². The smallest absolute Gasteiger partial charge is 0.310 e. The molecule has 3 nitrogen and oxygen atoms in total. The van der Waals surface area contributed by atoms with Crippen LogP contribution >= 0.6 is 11.6 Å². The summed E-state index contributed by atoms with van der Waals surface area (Å²) in [5.74, 6) is -0.800. The van der Waals surface area contributed by atoms with E-state index in [1.54, 1.807) is 0 Å². The summed E-state index contributed by atoms with van der Waals surface area (Å²) in [6.07, 6.45) is -2.95. The van der Waals surface area contributed by atoms with E-state index < -0.39 is 12.4 Å². The Hall–Kier alpha value is -1.67. The number of benzene rings is 1. The van der Waals surface area contributed by atoms with E-state index in [9.17, 15) is 13.6 Å². The third kappa shape index (κ3) is 2.96. The van der Waals surface area contributed by atoms with E-state index in [-0.39, 0.29) is 34.6 Å². The molecule has 0 amide bonds. The molecule has 96 valence electrons. The molecule has 1 rings (SSSR count). The van der Waals surface area contributed by atoms with Crippen LogP contribution in [0.5, 0.6) is 0 Å². The van der Waals surface area contributed by atoms with Gasteiger partial charge >= 0.3 is 5.97 Å². The van der Waals surface area contributed by atoms with Crippen molar-refractivity contribution >= 4 is 17.6 Å². The first kappa shape index (κ1) is 14.4. The van der Waals surface area contributed by atoms with E-state index >= 15 is 0 Å². The summed E-state index contributed by atoms with van der Waals surface area (Å²) in [4.78, 5) is 11.2. The van der Waals surface area contributed by atoms with Crippen LogP contribution in [0.25, 0.3) is 0 Å². The van der Waals surface area contributed by atoms with Gasteiger partial charge in [-0.3, -0.25) is 4.79 Å². The zero-order chi connectivity index (χ0) is 13.7. The third-order valence-electron chi connectivity index (χ3n) is 2.51. The summed E-state index contributed by atoms with van der Waals surface area (Å²) >= 11 is 5.64. The summed E-state index contributed by atoms with van der Waals surface area (Å²) in [6, 6.07) is 4.27. The molecule has 0 aliphatic carbocycles. The van der Waals surface area contributed by atoms with Crippen molar-refractivity contribution in [3.63, 3.8) is 0 Å². The first-order valence-corrected chi connectivity index (χ1v) is 5.54. The summed E-state index contributed by atoms with van der Waals surface area (Å²) < 4.78 is 30.1. The average Bonchev–Trinajstić information content (AvgIpc) is 2.37. The summed E-state index contributed by atoms with van der Waals surface area (Å²) in [5, 5.41) is 8.92. The molecule has 0 spiro atoms. The minimum absolute atomic E-state index is 0.121. The molecule has 0 radical (unpaired) electrons. The first-order chi connectivity index (χ1) is 8.54. The lowest BCUT2D eigenvalue weighted by atomic mass is 9.95. The summed E-state index contributed by atoms with van der Waals surface area (Å²) in [6.45, 7) is 0. The van der Waals surface area contributed by atoms with Gasteiger partial charge in [0.15, 0.2) is 0 Å². The second kappa shape index (κ2) is 6.31. The Kier molecular flexibility index (Phi) is 5.05. The predicted molar refractivity (Wildman–Crippen MR) is 61.4 cm³/mol. The van der Waals surface area contributed by atoms with Crippen LogP contribution in [0.3, 0.4) is 0 Å². The molecule has 0 bridgehead atoms. The summed E-state index contributed by atoms with van der Waals surface area (Å²) in [7, 11) is 1.19. The van der Waals surface area contributed by atoms with Crippen molar-refractivity contribution in [2.75, 3.05) is 7.11 Å². The van der Waals surface area contributed by atoms with Crippen LogP contribution in [0.4, 0.5) is 8.78 Å². The van der Waals surface area contributed by atoms with Crippen molar-refractivity contribution < 1.29 is 18.3 Å². The fourth-order valence-corrected chi connectivity index (χ4v) is 1.91. The van der Waals surface area contributed by atoms with Gasteiger partial charge in [0.05, 0.1) is 25.2 Å². The highest BCUT2D eigenvalue weighted by molar-refractivity contribution is 6.17. The number of nitrogens with zero attached hydrogens (tertiary/aromatic N) is 1. The van der Waals surface area contributed by atoms with E-state index in [2.05, 4.69) is 4.74 Å². The molecule has 18 heavy (non-hydrogen) atoms. The van der Waals surface area contributed by atoms with Crippen LogP contribution in [-0.2, 0) is 21.8 Å². The van der Waals surface area contributed by atoms with Crippen LogP contribution in [0, 0.1) is 11.3 Å². The van der Waals surface area contributed by atoms with Crippen molar-refractivity contribution in [3.8, 4) is 6.07 Å². The number of methoxy groups -OCH3 is 1. The molecular weight excluding hydrogens is 264 g/mol. The monoisotopic (exact) mass is 273 g/mol. The Balaban J connectivity index is 3.38. The Bertz CT molecular complexity index is 498. The lowest BCUT2D eigenvalue weighted by Gasteiger charge is -2.13. The number of hydrogen-bond donors (Lipinski definition) is 0. The van der Waals surface area contributed by atoms with E-state index in [1.807, 2.05) is 6.07 Å². The predicted octanol–water partition coefficient (Wildman–Crippen LogP) is 2.95. The maximum Gasteiger partial charge on any atom is 0.310 e. The largest absolute Gasteiger partial charge is 0.469 e. The number of rotatable bonds is 4. The number of carbonyl (C=O) groups excluding carboxylic acids is 1. The molecule has 0 fully saturated rings. The van der Waals surface area contributed by atoms with Gasteiger partial charge in [0.25, 0.3) is 6.43 Å². The molecule has 0 unspecified atom stereocenters. The van der Waals surface area contributed by atoms with Gasteiger partial charge in [-0.25, -0.2) is 8.78 Å². The Morgan fingerprint density at radius 3 is 2.61 bits per heavy atom. The first-order valence-electron chi connectivity index (χ1n) is 5.00. The van der Waals surface area contributed by atoms with E-state index in [1.165, 1.54) is 13.2 Å². The lowest BCUT2D eigenvalue weighted by Crippen LogP contribution is -2.10. The van der Waals surface area contributed by atoms with Gasteiger partial charge in [0.2, 0.25) is 0 Å². The van der Waals surface area contributed by atoms with Crippen LogP contribution in [0.15, 0.2) is 12.1 Å². The standard InChI is InChI=1S/C12H10ClF2NO2/c1-18-11(17)4-9-7(6-16)2-3-8(12(14)15)10(9)5-13/h2-3,12H,4-5H2,1H3. The maximum atomic E-state index is 12.8. The van der Waals surface area contributed by atoms with E-state index in [4.69, 9.17) is 16.9 Å². The number of ether oxygens (including phenoxy) is 1. The SMILES string of the molecule is COC(=O)Cc1c(C#N)ccc(C(F)F)c1CCl. The van der Waals surface area contributed by atoms with Gasteiger partial charge in [-0.1, -0.05) is 6.07 Å². The highest BCUT2D eigenvalue weighted by Gasteiger charge is 2.20. The molecule has 1 aromatic carbocycles. The Morgan fingerprint density at radius 1 is 1.50 bits per heavy atom. The van der Waals surface area contributed by atoms with Gasteiger partial charge in [-0.2, -0.15) is 5.26 Å². The second-order valence-electron chi connectivity index (χ2n) is 3.46. The highest BCUT2D eigenvalue weighted by atomic mass is 35.5. The minimum atomic E-state index is -2.71. The van der Waals surface area contributed by atoms with Gasteiger partial charge in [-0.05, 0) is 17.2 Å². The Labute approximate surface area is 108 Å². The van der Waals surface area contributed by atoms with Gasteiger partial charge in [0.1, 0.15) is 0 Å². The van der Waals surface area contributed by atoms with Crippen molar-refractivity contribution in [2.45, 2.75) is 18.7 Å². The molecule has 1 aromatic rings. The molecule has 0 N–H and O–H groups in total. The molecule has 0 atom stereocenters. The average molecular weight is 274 g/mol. The fraction of sp³-hybridized carbons (Fsp3) is 0.333. The van der Waals surface area contributed by atoms with Crippen LogP contribution in [0.1, 0.15) is 28.7 Å². The number of nitriles is 1. The molecule has 0 aromatic heterocycles. The molecule has 6 heteroatoms. The van der Waals surface area contributed by atoms with Crippen LogP contribution in [-0.4, -0.2) is 13.1 Å². The van der Waals surface area contributed by atoms with Crippen LogP contribution < -0.4 is 0 Å². The quantitative estimate of drug-likeness (QED) is 0.626. The highest BCUT2D eigenvalue weighted by Crippen LogP contribution is 2.29. The molecule has 0 aliphatic heterocycles. The minimum Gasteiger partial charge on any atom is -0.469 e. The maximum absolute atomic E-state index is 12.8. The van der Waals surface area contributed by atoms with Crippen molar-refractivity contribution in [1.82, 2.24) is 0 Å². The zero-order valence-electron chi connectivity index (χ0n) is 9.54. The number of halogens is 3. The third-order valence-corrected chi connectivity index (χ3v) is 2.77. The topological polar surface area (TPSA) is 50.1 Å². The lowest BCUT2D eigenvalue weighted by molar-refractivity contribution is -0.139. The van der Waals surface area contributed by atoms with Crippen molar-refractivity contribution in [2.24, 2.45) is 0 Å². The number of hydrogen-bond acceptors (Lipinski definition) is 3. The van der Waals surface area contributed by atoms with E-state index in [0.29, 0.717) is 0 Å². The Morgan fingerprint density at radius 2 is 2.17 bits per heavy atom. The fourth-order valence-electron chi connectivity index (χ4n) is 1.60. The van der Waals surface area contributed by atoms with Gasteiger partial charge in [-0.15, -0.1) is 11.6 Å². The molecule has 0 aliphatic rings. The van der Waals surface area contributed by atoms with Crippen molar-refractivity contribution in [1.29, 1.82) is 5.26 Å². The van der Waals surface area contributed by atoms with Gasteiger partial charge < -0.3 is 4.74 Å². The number of esters is 1. The number of carbonyl (C=O) groups is 1. The van der Waals surface area contributed by atoms with Crippen molar-refractivity contribution in [3.05, 3.63) is 34.4 Å². The molecule has 0 saturated heterocycles. The molecular formula is C12H10ClF2NO2. The molecule has 0 heterocycles. The normalized spacial score (nSPS) is 10.2. The van der Waals surface area contributed by atoms with Gasteiger partial charge in [0, 0.05) is 11.4 Å². The zero-order valence-corrected chi connectivity index (χ0v) is 10.3. The summed E-state index contributed by atoms with van der Waals surface area (Å²) in [5.41, 5.74) is 0.219.